The highest BCUT2D eigenvalue weighted by molar-refractivity contribution is 5.43. The molecule has 3 rings (SSSR count). The van der Waals surface area contributed by atoms with Crippen LogP contribution in [0.4, 0.5) is 0 Å². The first-order valence-electron chi connectivity index (χ1n) is 9.15. The molecule has 5 heteroatoms. The average molecular weight is 366 g/mol. The predicted molar refractivity (Wildman–Crippen MR) is 105 cm³/mol. The third kappa shape index (κ3) is 5.34. The van der Waals surface area contributed by atoms with E-state index in [9.17, 15) is 0 Å². The minimum atomic E-state index is 0.610. The lowest BCUT2D eigenvalue weighted by Crippen LogP contribution is -2.22. The molecule has 0 bridgehead atoms. The molecule has 3 aromatic rings. The molecule has 2 heterocycles. The van der Waals surface area contributed by atoms with Gasteiger partial charge in [0.2, 0.25) is 0 Å². The molecule has 2 aromatic heterocycles. The molecule has 0 unspecified atom stereocenters. The van der Waals surface area contributed by atoms with Crippen molar-refractivity contribution in [1.29, 1.82) is 0 Å². The molecule has 0 saturated heterocycles. The van der Waals surface area contributed by atoms with Crippen LogP contribution < -0.4 is 9.47 Å². The summed E-state index contributed by atoms with van der Waals surface area (Å²) in [4.78, 5) is 6.76. The highest BCUT2D eigenvalue weighted by Crippen LogP contribution is 2.29. The Morgan fingerprint density at radius 3 is 2.56 bits per heavy atom. The minimum absolute atomic E-state index is 0.610. The summed E-state index contributed by atoms with van der Waals surface area (Å²) in [5.74, 6) is 3.38. The largest absolute Gasteiger partial charge is 0.493 e. The van der Waals surface area contributed by atoms with Crippen molar-refractivity contribution in [3.8, 4) is 11.5 Å². The van der Waals surface area contributed by atoms with Crippen molar-refractivity contribution in [2.75, 3.05) is 13.7 Å². The average Bonchev–Trinajstić information content (AvgIpc) is 3.08. The van der Waals surface area contributed by atoms with Gasteiger partial charge in [0, 0.05) is 19.3 Å². The Bertz CT molecular complexity index is 846. The second-order valence-corrected chi connectivity index (χ2v) is 6.40. The molecular formula is C22H26N2O3. The van der Waals surface area contributed by atoms with Crippen molar-refractivity contribution < 1.29 is 13.9 Å². The fourth-order valence-corrected chi connectivity index (χ4v) is 3.02. The van der Waals surface area contributed by atoms with E-state index in [0.29, 0.717) is 13.2 Å². The van der Waals surface area contributed by atoms with E-state index in [2.05, 4.69) is 16.0 Å². The highest BCUT2D eigenvalue weighted by Gasteiger charge is 2.13. The SMILES string of the molecule is CCOc1ccc(CN(Cc2ccccn2)Cc2ccc(C)o2)cc1OC. The molecule has 5 nitrogen and oxygen atoms in total. The molecular weight excluding hydrogens is 340 g/mol. The molecule has 0 atom stereocenters. The highest BCUT2D eigenvalue weighted by atomic mass is 16.5. The predicted octanol–water partition coefficient (Wildman–Crippen LogP) is 4.59. The summed E-state index contributed by atoms with van der Waals surface area (Å²) in [5.41, 5.74) is 2.17. The van der Waals surface area contributed by atoms with Crippen LogP contribution in [0.5, 0.6) is 11.5 Å². The fourth-order valence-electron chi connectivity index (χ4n) is 3.02. The molecule has 0 aliphatic carbocycles. The molecule has 1 aromatic carbocycles. The molecule has 0 aliphatic heterocycles. The third-order valence-electron chi connectivity index (χ3n) is 4.22. The van der Waals surface area contributed by atoms with E-state index in [1.54, 1.807) is 7.11 Å². The lowest BCUT2D eigenvalue weighted by atomic mass is 10.1. The number of rotatable bonds is 9. The number of furan rings is 1. The summed E-state index contributed by atoms with van der Waals surface area (Å²) in [5, 5.41) is 0. The van der Waals surface area contributed by atoms with Crippen molar-refractivity contribution in [3.05, 3.63) is 77.5 Å². The quantitative estimate of drug-likeness (QED) is 0.554. The van der Waals surface area contributed by atoms with Crippen molar-refractivity contribution in [3.63, 3.8) is 0 Å². The van der Waals surface area contributed by atoms with Crippen LogP contribution in [0, 0.1) is 6.92 Å². The first-order chi connectivity index (χ1) is 13.2. The second-order valence-electron chi connectivity index (χ2n) is 6.40. The lowest BCUT2D eigenvalue weighted by Gasteiger charge is -2.22. The number of pyridine rings is 1. The molecule has 0 N–H and O–H groups in total. The number of benzene rings is 1. The Balaban J connectivity index is 1.79. The molecule has 27 heavy (non-hydrogen) atoms. The van der Waals surface area contributed by atoms with Gasteiger partial charge in [0.1, 0.15) is 11.5 Å². The zero-order valence-corrected chi connectivity index (χ0v) is 16.1. The number of aryl methyl sites for hydroxylation is 1. The zero-order chi connectivity index (χ0) is 19.1. The van der Waals surface area contributed by atoms with E-state index in [0.717, 1.165) is 47.4 Å². The maximum Gasteiger partial charge on any atom is 0.161 e. The van der Waals surface area contributed by atoms with Gasteiger partial charge >= 0.3 is 0 Å². The van der Waals surface area contributed by atoms with Crippen LogP contribution in [-0.2, 0) is 19.6 Å². The van der Waals surface area contributed by atoms with Crippen molar-refractivity contribution in [2.45, 2.75) is 33.5 Å². The summed E-state index contributed by atoms with van der Waals surface area (Å²) in [6.45, 7) is 6.73. The van der Waals surface area contributed by atoms with E-state index in [4.69, 9.17) is 13.9 Å². The maximum atomic E-state index is 5.78. The van der Waals surface area contributed by atoms with Gasteiger partial charge in [0.05, 0.1) is 26.0 Å². The van der Waals surface area contributed by atoms with Gasteiger partial charge in [-0.3, -0.25) is 9.88 Å². The first kappa shape index (κ1) is 19.0. The number of aromatic nitrogens is 1. The van der Waals surface area contributed by atoms with Crippen molar-refractivity contribution in [2.24, 2.45) is 0 Å². The second kappa shape index (κ2) is 9.24. The van der Waals surface area contributed by atoms with Crippen LogP contribution in [0.3, 0.4) is 0 Å². The Labute approximate surface area is 160 Å². The number of hydrogen-bond donors (Lipinski definition) is 0. The molecule has 0 aliphatic rings. The van der Waals surface area contributed by atoms with Gasteiger partial charge in [-0.25, -0.2) is 0 Å². The van der Waals surface area contributed by atoms with Gasteiger partial charge in [-0.05, 0) is 55.8 Å². The Hall–Kier alpha value is -2.79. The van der Waals surface area contributed by atoms with Crippen LogP contribution in [0.25, 0.3) is 0 Å². The van der Waals surface area contributed by atoms with Crippen LogP contribution in [-0.4, -0.2) is 23.6 Å². The number of hydrogen-bond acceptors (Lipinski definition) is 5. The van der Waals surface area contributed by atoms with Gasteiger partial charge in [-0.1, -0.05) is 12.1 Å². The number of methoxy groups -OCH3 is 1. The van der Waals surface area contributed by atoms with Crippen LogP contribution in [0.15, 0.2) is 59.1 Å². The van der Waals surface area contributed by atoms with E-state index in [1.807, 2.05) is 62.5 Å². The van der Waals surface area contributed by atoms with E-state index >= 15 is 0 Å². The third-order valence-corrected chi connectivity index (χ3v) is 4.22. The summed E-state index contributed by atoms with van der Waals surface area (Å²) in [6, 6.07) is 16.1. The Morgan fingerprint density at radius 2 is 1.89 bits per heavy atom. The molecule has 0 radical (unpaired) electrons. The topological polar surface area (TPSA) is 47.7 Å². The van der Waals surface area contributed by atoms with E-state index < -0.39 is 0 Å². The molecule has 0 spiro atoms. The molecule has 0 amide bonds. The minimum Gasteiger partial charge on any atom is -0.493 e. The summed E-state index contributed by atoms with van der Waals surface area (Å²) >= 11 is 0. The summed E-state index contributed by atoms with van der Waals surface area (Å²) in [7, 11) is 1.67. The van der Waals surface area contributed by atoms with Gasteiger partial charge in [-0.15, -0.1) is 0 Å². The zero-order valence-electron chi connectivity index (χ0n) is 16.1. The summed E-state index contributed by atoms with van der Waals surface area (Å²) in [6.07, 6.45) is 1.82. The van der Waals surface area contributed by atoms with Crippen LogP contribution >= 0.6 is 0 Å². The van der Waals surface area contributed by atoms with Gasteiger partial charge in [0.25, 0.3) is 0 Å². The number of ether oxygens (including phenoxy) is 2. The van der Waals surface area contributed by atoms with Gasteiger partial charge in [-0.2, -0.15) is 0 Å². The summed E-state index contributed by atoms with van der Waals surface area (Å²) < 4.78 is 16.9. The fraction of sp³-hybridized carbons (Fsp3) is 0.318. The van der Waals surface area contributed by atoms with Crippen LogP contribution in [0.1, 0.15) is 29.7 Å². The normalized spacial score (nSPS) is 11.0. The van der Waals surface area contributed by atoms with Gasteiger partial charge in [0.15, 0.2) is 11.5 Å². The first-order valence-corrected chi connectivity index (χ1v) is 9.15. The van der Waals surface area contributed by atoms with E-state index in [1.165, 1.54) is 0 Å². The Morgan fingerprint density at radius 1 is 1.00 bits per heavy atom. The van der Waals surface area contributed by atoms with Crippen LogP contribution in [0.2, 0.25) is 0 Å². The molecule has 142 valence electrons. The smallest absolute Gasteiger partial charge is 0.161 e. The molecule has 0 fully saturated rings. The standard InChI is InChI=1S/C22H26N2O3/c1-4-26-21-11-9-18(13-22(21)25-3)14-24(15-19-7-5-6-12-23-19)16-20-10-8-17(2)27-20/h5-13H,4,14-16H2,1-3H3. The van der Waals surface area contributed by atoms with E-state index in [-0.39, 0.29) is 0 Å². The molecule has 0 saturated carbocycles. The van der Waals surface area contributed by atoms with Crippen molar-refractivity contribution >= 4 is 0 Å². The maximum absolute atomic E-state index is 5.78. The van der Waals surface area contributed by atoms with Gasteiger partial charge < -0.3 is 13.9 Å². The monoisotopic (exact) mass is 366 g/mol. The lowest BCUT2D eigenvalue weighted by molar-refractivity contribution is 0.222. The van der Waals surface area contributed by atoms with Crippen molar-refractivity contribution in [1.82, 2.24) is 9.88 Å². The Kier molecular flexibility index (Phi) is 6.49. The number of nitrogens with zero attached hydrogens (tertiary/aromatic N) is 2.